The van der Waals surface area contributed by atoms with Gasteiger partial charge in [0.15, 0.2) is 0 Å². The lowest BCUT2D eigenvalue weighted by molar-refractivity contribution is 0.443. The van der Waals surface area contributed by atoms with Crippen LogP contribution in [0.5, 0.6) is 0 Å². The van der Waals surface area contributed by atoms with Crippen LogP contribution in [0.2, 0.25) is 0 Å². The summed E-state index contributed by atoms with van der Waals surface area (Å²) in [4.78, 5) is 0. The number of halogens is 1. The fourth-order valence-corrected chi connectivity index (χ4v) is 2.00. The molecule has 1 N–H and O–H groups in total. The first-order chi connectivity index (χ1) is 8.04. The smallest absolute Gasteiger partial charge is 0.126 e. The highest BCUT2D eigenvalue weighted by Gasteiger charge is 2.10. The van der Waals surface area contributed by atoms with Crippen LogP contribution >= 0.6 is 0 Å². The quantitative estimate of drug-likeness (QED) is 0.775. The van der Waals surface area contributed by atoms with Crippen molar-refractivity contribution in [3.05, 3.63) is 35.1 Å². The van der Waals surface area contributed by atoms with Crippen LogP contribution in [-0.4, -0.2) is 6.04 Å². The fourth-order valence-electron chi connectivity index (χ4n) is 2.00. The summed E-state index contributed by atoms with van der Waals surface area (Å²) in [5.74, 6) is -0.114. The molecule has 0 radical (unpaired) electrons. The average molecular weight is 237 g/mol. The van der Waals surface area contributed by atoms with Crippen molar-refractivity contribution in [2.45, 2.75) is 59.0 Å². The molecule has 0 amide bonds. The van der Waals surface area contributed by atoms with Crippen molar-refractivity contribution < 1.29 is 4.39 Å². The van der Waals surface area contributed by atoms with Gasteiger partial charge in [-0.05, 0) is 44.4 Å². The van der Waals surface area contributed by atoms with Gasteiger partial charge in [0.1, 0.15) is 5.82 Å². The first-order valence-corrected chi connectivity index (χ1v) is 6.56. The van der Waals surface area contributed by atoms with Crippen LogP contribution in [0, 0.1) is 12.7 Å². The van der Waals surface area contributed by atoms with Gasteiger partial charge >= 0.3 is 0 Å². The Morgan fingerprint density at radius 1 is 1.29 bits per heavy atom. The van der Waals surface area contributed by atoms with E-state index in [2.05, 4.69) is 26.1 Å². The van der Waals surface area contributed by atoms with Crippen molar-refractivity contribution in [2.24, 2.45) is 0 Å². The lowest BCUT2D eigenvalue weighted by Crippen LogP contribution is -2.28. The molecule has 2 unspecified atom stereocenters. The molecule has 0 fully saturated rings. The maximum atomic E-state index is 13.5. The van der Waals surface area contributed by atoms with Gasteiger partial charge in [-0.15, -0.1) is 0 Å². The van der Waals surface area contributed by atoms with E-state index in [1.807, 2.05) is 12.1 Å². The third-order valence-corrected chi connectivity index (χ3v) is 3.22. The van der Waals surface area contributed by atoms with E-state index in [1.54, 1.807) is 13.0 Å². The van der Waals surface area contributed by atoms with E-state index in [1.165, 1.54) is 19.3 Å². The predicted octanol–water partition coefficient (Wildman–Crippen LogP) is 4.36. The summed E-state index contributed by atoms with van der Waals surface area (Å²) in [5, 5.41) is 3.51. The highest BCUT2D eigenvalue weighted by Crippen LogP contribution is 2.17. The lowest BCUT2D eigenvalue weighted by atomic mass is 10.0. The van der Waals surface area contributed by atoms with Gasteiger partial charge < -0.3 is 5.32 Å². The van der Waals surface area contributed by atoms with E-state index >= 15 is 0 Å². The second-order valence-corrected chi connectivity index (χ2v) is 4.94. The third kappa shape index (κ3) is 4.47. The monoisotopic (exact) mass is 237 g/mol. The molecule has 0 saturated carbocycles. The second kappa shape index (κ2) is 6.75. The van der Waals surface area contributed by atoms with Crippen LogP contribution in [0.1, 0.15) is 57.2 Å². The largest absolute Gasteiger partial charge is 0.308 e. The van der Waals surface area contributed by atoms with Crippen LogP contribution in [0.3, 0.4) is 0 Å². The zero-order chi connectivity index (χ0) is 12.8. The molecule has 0 bridgehead atoms. The highest BCUT2D eigenvalue weighted by molar-refractivity contribution is 5.25. The molecule has 1 aromatic carbocycles. The van der Waals surface area contributed by atoms with E-state index in [0.717, 1.165) is 5.56 Å². The Labute approximate surface area is 104 Å². The maximum absolute atomic E-state index is 13.5. The normalized spacial score (nSPS) is 14.6. The SMILES string of the molecule is CCCCC(C)NC(C)c1ccc(C)c(F)c1. The Kier molecular flexibility index (Phi) is 5.63. The third-order valence-electron chi connectivity index (χ3n) is 3.22. The Hall–Kier alpha value is -0.890. The summed E-state index contributed by atoms with van der Waals surface area (Å²) in [6.07, 6.45) is 3.64. The molecule has 0 aliphatic carbocycles. The van der Waals surface area contributed by atoms with Crippen LogP contribution in [0.25, 0.3) is 0 Å². The molecule has 0 aliphatic rings. The number of aryl methyl sites for hydroxylation is 1. The molecule has 1 aromatic rings. The van der Waals surface area contributed by atoms with Crippen molar-refractivity contribution in [1.82, 2.24) is 5.32 Å². The number of hydrogen-bond acceptors (Lipinski definition) is 1. The predicted molar refractivity (Wildman–Crippen MR) is 71.7 cm³/mol. The van der Waals surface area contributed by atoms with Crippen molar-refractivity contribution in [3.8, 4) is 0 Å². The maximum Gasteiger partial charge on any atom is 0.126 e. The number of hydrogen-bond donors (Lipinski definition) is 1. The number of rotatable bonds is 6. The van der Waals surface area contributed by atoms with Crippen LogP contribution in [0.4, 0.5) is 4.39 Å². The topological polar surface area (TPSA) is 12.0 Å². The number of benzene rings is 1. The van der Waals surface area contributed by atoms with Gasteiger partial charge in [-0.1, -0.05) is 31.9 Å². The minimum Gasteiger partial charge on any atom is -0.308 e. The molecule has 0 spiro atoms. The number of nitrogens with one attached hydrogen (secondary N) is 1. The second-order valence-electron chi connectivity index (χ2n) is 4.94. The molecule has 0 saturated heterocycles. The van der Waals surface area contributed by atoms with Crippen molar-refractivity contribution in [2.75, 3.05) is 0 Å². The minimum atomic E-state index is -0.114. The summed E-state index contributed by atoms with van der Waals surface area (Å²) in [6, 6.07) is 6.17. The Morgan fingerprint density at radius 2 is 2.00 bits per heavy atom. The minimum absolute atomic E-state index is 0.114. The van der Waals surface area contributed by atoms with Crippen molar-refractivity contribution >= 4 is 0 Å². The summed E-state index contributed by atoms with van der Waals surface area (Å²) in [5.41, 5.74) is 1.73. The molecule has 2 atom stereocenters. The van der Waals surface area contributed by atoms with Gasteiger partial charge in [-0.2, -0.15) is 0 Å². The van der Waals surface area contributed by atoms with E-state index in [0.29, 0.717) is 11.6 Å². The van der Waals surface area contributed by atoms with Gasteiger partial charge in [0.2, 0.25) is 0 Å². The Balaban J connectivity index is 2.57. The molecule has 96 valence electrons. The first-order valence-electron chi connectivity index (χ1n) is 6.56. The Bertz CT molecular complexity index is 349. The van der Waals surface area contributed by atoms with Crippen LogP contribution < -0.4 is 5.32 Å². The van der Waals surface area contributed by atoms with E-state index < -0.39 is 0 Å². The van der Waals surface area contributed by atoms with E-state index in [9.17, 15) is 4.39 Å². The van der Waals surface area contributed by atoms with Crippen LogP contribution in [0.15, 0.2) is 18.2 Å². The van der Waals surface area contributed by atoms with Gasteiger partial charge in [0.05, 0.1) is 0 Å². The summed E-state index contributed by atoms with van der Waals surface area (Å²) in [7, 11) is 0. The molecular weight excluding hydrogens is 213 g/mol. The summed E-state index contributed by atoms with van der Waals surface area (Å²) < 4.78 is 13.5. The molecule has 1 rings (SSSR count). The molecule has 0 aliphatic heterocycles. The van der Waals surface area contributed by atoms with Gasteiger partial charge in [0, 0.05) is 12.1 Å². The molecule has 17 heavy (non-hydrogen) atoms. The molecule has 1 nitrogen and oxygen atoms in total. The zero-order valence-corrected chi connectivity index (χ0v) is 11.4. The van der Waals surface area contributed by atoms with E-state index in [4.69, 9.17) is 0 Å². The van der Waals surface area contributed by atoms with Gasteiger partial charge in [-0.3, -0.25) is 0 Å². The van der Waals surface area contributed by atoms with Crippen LogP contribution in [-0.2, 0) is 0 Å². The molecule has 0 aromatic heterocycles. The average Bonchev–Trinajstić information content (AvgIpc) is 2.30. The number of unbranched alkanes of at least 4 members (excludes halogenated alkanes) is 1. The standard InChI is InChI=1S/C15H24FN/c1-5-6-7-12(3)17-13(4)14-9-8-11(2)15(16)10-14/h8-10,12-13,17H,5-7H2,1-4H3. The zero-order valence-electron chi connectivity index (χ0n) is 11.4. The van der Waals surface area contributed by atoms with Gasteiger partial charge in [-0.25, -0.2) is 4.39 Å². The first kappa shape index (κ1) is 14.2. The summed E-state index contributed by atoms with van der Waals surface area (Å²) in [6.45, 7) is 8.27. The van der Waals surface area contributed by atoms with E-state index in [-0.39, 0.29) is 11.9 Å². The fraction of sp³-hybridized carbons (Fsp3) is 0.600. The Morgan fingerprint density at radius 3 is 2.59 bits per heavy atom. The molecular formula is C15H24FN. The van der Waals surface area contributed by atoms with Crippen molar-refractivity contribution in [1.29, 1.82) is 0 Å². The van der Waals surface area contributed by atoms with Gasteiger partial charge in [0.25, 0.3) is 0 Å². The molecule has 0 heterocycles. The van der Waals surface area contributed by atoms with Crippen molar-refractivity contribution in [3.63, 3.8) is 0 Å². The molecule has 2 heteroatoms. The summed E-state index contributed by atoms with van der Waals surface area (Å²) >= 11 is 0. The highest BCUT2D eigenvalue weighted by atomic mass is 19.1. The lowest BCUT2D eigenvalue weighted by Gasteiger charge is -2.20.